The van der Waals surface area contributed by atoms with Crippen molar-refractivity contribution in [1.29, 1.82) is 0 Å². The first-order valence-electron chi connectivity index (χ1n) is 10.4. The molecule has 6 heteroatoms. The smallest absolute Gasteiger partial charge is 0.274 e. The van der Waals surface area contributed by atoms with Gasteiger partial charge in [-0.25, -0.2) is 0 Å². The normalized spacial score (nSPS) is 19.5. The van der Waals surface area contributed by atoms with Crippen molar-refractivity contribution in [2.24, 2.45) is 0 Å². The molecule has 2 aromatic heterocycles. The van der Waals surface area contributed by atoms with E-state index < -0.39 is 0 Å². The summed E-state index contributed by atoms with van der Waals surface area (Å²) in [4.78, 5) is 19.7. The molecule has 0 unspecified atom stereocenters. The molecule has 2 fully saturated rings. The van der Waals surface area contributed by atoms with Gasteiger partial charge in [-0.1, -0.05) is 0 Å². The summed E-state index contributed by atoms with van der Waals surface area (Å²) in [5, 5.41) is 9.60. The summed E-state index contributed by atoms with van der Waals surface area (Å²) in [7, 11) is 1.70. The number of fused-ring (bicyclic) bond motifs is 1. The number of hydrogen-bond acceptors (Lipinski definition) is 4. The number of methoxy groups -OCH3 is 1. The van der Waals surface area contributed by atoms with Crippen LogP contribution in [0.25, 0.3) is 10.8 Å². The van der Waals surface area contributed by atoms with Gasteiger partial charge < -0.3 is 9.64 Å². The Balaban J connectivity index is 1.38. The van der Waals surface area contributed by atoms with Crippen molar-refractivity contribution in [3.63, 3.8) is 0 Å². The Bertz CT molecular complexity index is 1070. The lowest BCUT2D eigenvalue weighted by atomic mass is 9.92. The number of carbonyl (C=O) groups excluding carboxylic acids is 1. The fraction of sp³-hybridized carbons (Fsp3) is 0.435. The minimum atomic E-state index is 0.0245. The second kappa shape index (κ2) is 7.17. The van der Waals surface area contributed by atoms with Gasteiger partial charge in [0, 0.05) is 47.9 Å². The van der Waals surface area contributed by atoms with E-state index in [-0.39, 0.29) is 11.8 Å². The van der Waals surface area contributed by atoms with Crippen LogP contribution in [0.1, 0.15) is 65.0 Å². The monoisotopic (exact) mass is 390 g/mol. The van der Waals surface area contributed by atoms with Crippen molar-refractivity contribution in [3.8, 4) is 5.75 Å². The molecule has 0 spiro atoms. The molecule has 150 valence electrons. The Morgan fingerprint density at radius 1 is 1.21 bits per heavy atom. The van der Waals surface area contributed by atoms with E-state index in [2.05, 4.69) is 23.2 Å². The van der Waals surface area contributed by atoms with E-state index in [4.69, 9.17) is 9.72 Å². The van der Waals surface area contributed by atoms with Crippen LogP contribution in [0.5, 0.6) is 5.75 Å². The van der Waals surface area contributed by atoms with Crippen LogP contribution in [-0.4, -0.2) is 46.2 Å². The van der Waals surface area contributed by atoms with Gasteiger partial charge >= 0.3 is 0 Å². The number of piperidine rings is 1. The summed E-state index contributed by atoms with van der Waals surface area (Å²) in [5.41, 5.74) is 3.82. The number of carbonyl (C=O) groups is 1. The highest BCUT2D eigenvalue weighted by atomic mass is 16.5. The fourth-order valence-electron chi connectivity index (χ4n) is 4.42. The number of aryl methyl sites for hydroxylation is 1. The number of aromatic amines is 1. The van der Waals surface area contributed by atoms with Crippen LogP contribution < -0.4 is 4.74 Å². The lowest BCUT2D eigenvalue weighted by molar-refractivity contribution is 0.0700. The fourth-order valence-corrected chi connectivity index (χ4v) is 4.42. The molecule has 2 aliphatic rings. The molecule has 1 aromatic carbocycles. The molecule has 1 aliphatic heterocycles. The topological polar surface area (TPSA) is 71.1 Å². The van der Waals surface area contributed by atoms with Gasteiger partial charge in [0.2, 0.25) is 0 Å². The predicted molar refractivity (Wildman–Crippen MR) is 111 cm³/mol. The molecule has 3 heterocycles. The largest absolute Gasteiger partial charge is 0.496 e. The van der Waals surface area contributed by atoms with Gasteiger partial charge in [-0.15, -0.1) is 0 Å². The Kier molecular flexibility index (Phi) is 4.49. The number of rotatable bonds is 4. The Morgan fingerprint density at radius 2 is 2.07 bits per heavy atom. The number of nitrogens with zero attached hydrogens (tertiary/aromatic N) is 3. The second-order valence-electron chi connectivity index (χ2n) is 8.30. The van der Waals surface area contributed by atoms with Crippen molar-refractivity contribution < 1.29 is 9.53 Å². The highest BCUT2D eigenvalue weighted by Gasteiger charge is 2.30. The standard InChI is InChI=1S/C23H26N4O2/c1-14-18-10-19(24-12-16(18)7-8-22(14)29-2)17-4-3-9-27(13-17)23(28)21-11-20(25-26-21)15-5-6-15/h7-8,10-12,15,17H,3-6,9,13H2,1-2H3,(H,25,26)/t17-/m0/s1. The summed E-state index contributed by atoms with van der Waals surface area (Å²) in [6, 6.07) is 8.14. The zero-order valence-corrected chi connectivity index (χ0v) is 16.9. The molecule has 0 radical (unpaired) electrons. The zero-order valence-electron chi connectivity index (χ0n) is 16.9. The Hall–Kier alpha value is -2.89. The van der Waals surface area contributed by atoms with E-state index in [1.807, 2.05) is 29.3 Å². The number of nitrogens with one attached hydrogen (secondary N) is 1. The van der Waals surface area contributed by atoms with Gasteiger partial charge in [0.25, 0.3) is 5.91 Å². The number of hydrogen-bond donors (Lipinski definition) is 1. The van der Waals surface area contributed by atoms with Crippen LogP contribution in [-0.2, 0) is 0 Å². The maximum absolute atomic E-state index is 13.0. The molecule has 1 atom stereocenters. The van der Waals surface area contributed by atoms with Crippen LogP contribution in [0.4, 0.5) is 0 Å². The second-order valence-corrected chi connectivity index (χ2v) is 8.30. The summed E-state index contributed by atoms with van der Waals surface area (Å²) in [6.07, 6.45) is 6.35. The maximum atomic E-state index is 13.0. The van der Waals surface area contributed by atoms with Crippen molar-refractivity contribution >= 4 is 16.7 Å². The van der Waals surface area contributed by atoms with Gasteiger partial charge in [-0.2, -0.15) is 5.10 Å². The highest BCUT2D eigenvalue weighted by molar-refractivity contribution is 5.92. The first kappa shape index (κ1) is 18.2. The Morgan fingerprint density at radius 3 is 2.86 bits per heavy atom. The van der Waals surface area contributed by atoms with Crippen molar-refractivity contribution in [2.75, 3.05) is 20.2 Å². The van der Waals surface area contributed by atoms with E-state index in [0.29, 0.717) is 18.2 Å². The van der Waals surface area contributed by atoms with Gasteiger partial charge in [-0.05, 0) is 67.8 Å². The zero-order chi connectivity index (χ0) is 20.0. The van der Waals surface area contributed by atoms with E-state index >= 15 is 0 Å². The number of ether oxygens (including phenoxy) is 1. The number of pyridine rings is 1. The predicted octanol–water partition coefficient (Wildman–Crippen LogP) is 4.17. The lowest BCUT2D eigenvalue weighted by Gasteiger charge is -2.32. The number of benzene rings is 1. The minimum absolute atomic E-state index is 0.0245. The van der Waals surface area contributed by atoms with Crippen molar-refractivity contribution in [1.82, 2.24) is 20.1 Å². The Labute approximate surface area is 170 Å². The molecule has 0 bridgehead atoms. The molecule has 29 heavy (non-hydrogen) atoms. The van der Waals surface area contributed by atoms with Gasteiger partial charge in [0.1, 0.15) is 11.4 Å². The minimum Gasteiger partial charge on any atom is -0.496 e. The average molecular weight is 390 g/mol. The number of aromatic nitrogens is 3. The molecule has 1 amide bonds. The summed E-state index contributed by atoms with van der Waals surface area (Å²) < 4.78 is 5.48. The molecule has 1 N–H and O–H groups in total. The molecular weight excluding hydrogens is 364 g/mol. The summed E-state index contributed by atoms with van der Waals surface area (Å²) >= 11 is 0. The number of H-pyrrole nitrogens is 1. The summed E-state index contributed by atoms with van der Waals surface area (Å²) in [5.74, 6) is 1.72. The molecule has 6 nitrogen and oxygen atoms in total. The van der Waals surface area contributed by atoms with Gasteiger partial charge in [-0.3, -0.25) is 14.9 Å². The highest BCUT2D eigenvalue weighted by Crippen LogP contribution is 2.39. The quantitative estimate of drug-likeness (QED) is 0.726. The molecule has 5 rings (SSSR count). The van der Waals surface area contributed by atoms with E-state index in [0.717, 1.165) is 47.5 Å². The van der Waals surface area contributed by atoms with E-state index in [1.54, 1.807) is 7.11 Å². The number of amides is 1. The molecule has 1 aliphatic carbocycles. The third kappa shape index (κ3) is 3.37. The summed E-state index contributed by atoms with van der Waals surface area (Å²) in [6.45, 7) is 3.55. The van der Waals surface area contributed by atoms with Crippen molar-refractivity contribution in [3.05, 3.63) is 53.1 Å². The molecular formula is C23H26N4O2. The first-order chi connectivity index (χ1) is 14.1. The molecule has 1 saturated heterocycles. The van der Waals surface area contributed by atoms with E-state index in [9.17, 15) is 4.79 Å². The van der Waals surface area contributed by atoms with Crippen LogP contribution in [0, 0.1) is 6.92 Å². The van der Waals surface area contributed by atoms with Crippen LogP contribution >= 0.6 is 0 Å². The van der Waals surface area contributed by atoms with E-state index in [1.165, 1.54) is 18.2 Å². The maximum Gasteiger partial charge on any atom is 0.274 e. The lowest BCUT2D eigenvalue weighted by Crippen LogP contribution is -2.39. The first-order valence-corrected chi connectivity index (χ1v) is 10.4. The SMILES string of the molecule is COc1ccc2cnc([C@H]3CCCN(C(=O)c4cc(C5CC5)[nH]n4)C3)cc2c1C. The van der Waals surface area contributed by atoms with Gasteiger partial charge in [0.15, 0.2) is 0 Å². The molecule has 3 aromatic rings. The van der Waals surface area contributed by atoms with Gasteiger partial charge in [0.05, 0.1) is 7.11 Å². The van der Waals surface area contributed by atoms with Crippen LogP contribution in [0.15, 0.2) is 30.5 Å². The average Bonchev–Trinajstić information content (AvgIpc) is 3.50. The van der Waals surface area contributed by atoms with Crippen LogP contribution in [0.2, 0.25) is 0 Å². The molecule has 1 saturated carbocycles. The number of likely N-dealkylation sites (tertiary alicyclic amines) is 1. The van der Waals surface area contributed by atoms with Crippen molar-refractivity contribution in [2.45, 2.75) is 44.4 Å². The van der Waals surface area contributed by atoms with Crippen LogP contribution in [0.3, 0.4) is 0 Å². The third-order valence-corrected chi connectivity index (χ3v) is 6.32. The third-order valence-electron chi connectivity index (χ3n) is 6.32.